The second-order valence-corrected chi connectivity index (χ2v) is 10.5. The van der Waals surface area contributed by atoms with Crippen LogP contribution in [0.15, 0.2) is 125 Å². The van der Waals surface area contributed by atoms with Crippen molar-refractivity contribution in [2.75, 3.05) is 0 Å². The van der Waals surface area contributed by atoms with Crippen molar-refractivity contribution in [3.63, 3.8) is 0 Å². The topological polar surface area (TPSA) is 85.0 Å². The molecule has 39 heavy (non-hydrogen) atoms. The van der Waals surface area contributed by atoms with Crippen molar-refractivity contribution in [1.29, 1.82) is 5.26 Å². The minimum atomic E-state index is -4.04. The van der Waals surface area contributed by atoms with Gasteiger partial charge in [-0.3, -0.25) is 0 Å². The van der Waals surface area contributed by atoms with Gasteiger partial charge in [-0.15, -0.1) is 0 Å². The average molecular weight is 536 g/mol. The van der Waals surface area contributed by atoms with E-state index >= 15 is 0 Å². The van der Waals surface area contributed by atoms with E-state index in [0.717, 1.165) is 11.3 Å². The van der Waals surface area contributed by atoms with E-state index in [2.05, 4.69) is 0 Å². The Labute approximate surface area is 225 Å². The van der Waals surface area contributed by atoms with E-state index in [0.29, 0.717) is 22.6 Å². The summed E-state index contributed by atoms with van der Waals surface area (Å²) >= 11 is 0. The van der Waals surface area contributed by atoms with Gasteiger partial charge in [0.05, 0.1) is 10.6 Å². The number of ether oxygens (including phenoxy) is 1. The van der Waals surface area contributed by atoms with Crippen LogP contribution in [0.3, 0.4) is 0 Å². The number of allylic oxidation sites excluding steroid dienone is 1. The lowest BCUT2D eigenvalue weighted by Gasteiger charge is -2.08. The zero-order valence-corrected chi connectivity index (χ0v) is 21.4. The van der Waals surface area contributed by atoms with Gasteiger partial charge >= 0.3 is 0 Å². The first kappa shape index (κ1) is 25.6. The summed E-state index contributed by atoms with van der Waals surface area (Å²) in [6.07, 6.45) is 3.03. The highest BCUT2D eigenvalue weighted by molar-refractivity contribution is 7.95. The molecule has 8 heteroatoms. The highest BCUT2D eigenvalue weighted by atomic mass is 32.2. The summed E-state index contributed by atoms with van der Waals surface area (Å²) < 4.78 is 47.2. The fourth-order valence-electron chi connectivity index (χ4n) is 3.95. The number of sulfone groups is 1. The summed E-state index contributed by atoms with van der Waals surface area (Å²) in [5.74, 6) is 0.236. The van der Waals surface area contributed by atoms with Crippen LogP contribution in [0, 0.1) is 17.1 Å². The van der Waals surface area contributed by atoms with Crippen molar-refractivity contribution < 1.29 is 17.5 Å². The van der Waals surface area contributed by atoms with Crippen molar-refractivity contribution in [2.24, 2.45) is 0 Å². The quantitative estimate of drug-likeness (QED) is 0.209. The number of aromatic nitrogens is 2. The second-order valence-electron chi connectivity index (χ2n) is 8.59. The van der Waals surface area contributed by atoms with Crippen molar-refractivity contribution in [3.8, 4) is 28.8 Å². The molecule has 0 amide bonds. The Hall–Kier alpha value is -5.00. The number of hydrogen-bond acceptors (Lipinski definition) is 5. The number of hydrogen-bond donors (Lipinski definition) is 0. The van der Waals surface area contributed by atoms with Gasteiger partial charge in [0, 0.05) is 17.3 Å². The molecule has 1 aromatic heterocycles. The van der Waals surface area contributed by atoms with Crippen LogP contribution in [0.1, 0.15) is 11.1 Å². The van der Waals surface area contributed by atoms with Crippen molar-refractivity contribution in [3.05, 3.63) is 137 Å². The minimum Gasteiger partial charge on any atom is -0.489 e. The Morgan fingerprint density at radius 2 is 1.62 bits per heavy atom. The van der Waals surface area contributed by atoms with Crippen molar-refractivity contribution in [1.82, 2.24) is 9.78 Å². The van der Waals surface area contributed by atoms with E-state index in [1.54, 1.807) is 59.4 Å². The Kier molecular flexibility index (Phi) is 7.34. The zero-order chi connectivity index (χ0) is 27.2. The number of nitrogens with zero attached hydrogens (tertiary/aromatic N) is 3. The number of nitriles is 1. The third-order valence-electron chi connectivity index (χ3n) is 5.93. The number of rotatable bonds is 8. The molecule has 4 aromatic carbocycles. The van der Waals surface area contributed by atoms with Crippen LogP contribution in [-0.2, 0) is 16.4 Å². The Morgan fingerprint density at radius 3 is 2.31 bits per heavy atom. The van der Waals surface area contributed by atoms with Crippen LogP contribution >= 0.6 is 0 Å². The predicted octanol–water partition coefficient (Wildman–Crippen LogP) is 6.60. The maximum Gasteiger partial charge on any atom is 0.216 e. The van der Waals surface area contributed by atoms with Gasteiger partial charge in [-0.05, 0) is 60.2 Å². The zero-order valence-electron chi connectivity index (χ0n) is 20.6. The van der Waals surface area contributed by atoms with Crippen LogP contribution < -0.4 is 4.74 Å². The first-order valence-electron chi connectivity index (χ1n) is 12.0. The lowest BCUT2D eigenvalue weighted by Crippen LogP contribution is -2.03. The molecule has 0 N–H and O–H groups in total. The number of halogens is 1. The van der Waals surface area contributed by atoms with Gasteiger partial charge in [0.15, 0.2) is 0 Å². The SMILES string of the molecule is N#C/C(=C/c1cn(-c2ccccc2)nc1-c1cccc(OCc2ccc(F)cc2)c1)S(=O)(=O)c1ccccc1. The smallest absolute Gasteiger partial charge is 0.216 e. The summed E-state index contributed by atoms with van der Waals surface area (Å²) in [6.45, 7) is 0.239. The van der Waals surface area contributed by atoms with Crippen molar-refractivity contribution >= 4 is 15.9 Å². The van der Waals surface area contributed by atoms with Crippen LogP contribution in [0.5, 0.6) is 5.75 Å². The Morgan fingerprint density at radius 1 is 0.923 bits per heavy atom. The molecular weight excluding hydrogens is 513 g/mol. The van der Waals surface area contributed by atoms with E-state index in [9.17, 15) is 18.1 Å². The van der Waals surface area contributed by atoms with Gasteiger partial charge in [-0.1, -0.05) is 60.7 Å². The molecule has 6 nitrogen and oxygen atoms in total. The Bertz CT molecular complexity index is 1770. The Balaban J connectivity index is 1.55. The van der Waals surface area contributed by atoms with Gasteiger partial charge in [0.2, 0.25) is 9.84 Å². The predicted molar refractivity (Wildman–Crippen MR) is 147 cm³/mol. The average Bonchev–Trinajstić information content (AvgIpc) is 3.40. The normalized spacial score (nSPS) is 11.6. The van der Waals surface area contributed by atoms with Gasteiger partial charge in [0.25, 0.3) is 0 Å². The monoisotopic (exact) mass is 535 g/mol. The van der Waals surface area contributed by atoms with E-state index in [4.69, 9.17) is 9.84 Å². The van der Waals surface area contributed by atoms with E-state index in [-0.39, 0.29) is 17.3 Å². The molecule has 0 spiro atoms. The number of benzene rings is 4. The minimum absolute atomic E-state index is 0.0333. The molecule has 1 heterocycles. The largest absolute Gasteiger partial charge is 0.489 e. The van der Waals surface area contributed by atoms with Gasteiger partial charge in [-0.25, -0.2) is 17.5 Å². The summed E-state index contributed by atoms with van der Waals surface area (Å²) in [6, 6.07) is 32.3. The van der Waals surface area contributed by atoms with Crippen molar-refractivity contribution in [2.45, 2.75) is 11.5 Å². The molecule has 0 bridgehead atoms. The first-order valence-corrected chi connectivity index (χ1v) is 13.5. The highest BCUT2D eigenvalue weighted by Gasteiger charge is 2.22. The molecular formula is C31H22FN3O3S. The molecule has 5 aromatic rings. The van der Waals surface area contributed by atoms with Crippen LogP contribution in [-0.4, -0.2) is 18.2 Å². The summed E-state index contributed by atoms with van der Waals surface area (Å²) in [4.78, 5) is -0.364. The molecule has 0 radical (unpaired) electrons. The molecule has 0 saturated heterocycles. The molecule has 192 valence electrons. The molecule has 0 aliphatic carbocycles. The number of para-hydroxylation sites is 1. The third kappa shape index (κ3) is 5.79. The summed E-state index contributed by atoms with van der Waals surface area (Å²) in [5, 5.41) is 14.6. The molecule has 0 saturated carbocycles. The van der Waals surface area contributed by atoms with E-state index in [1.165, 1.54) is 30.3 Å². The standard InChI is InChI=1S/C31H22FN3O3S/c32-26-16-14-23(15-17-26)22-38-28-11-7-8-24(18-28)31-25(21-35(34-31)27-9-3-1-4-10-27)19-30(20-33)39(36,37)29-12-5-2-6-13-29/h1-19,21H,22H2/b30-19-. The van der Waals surface area contributed by atoms with E-state index < -0.39 is 14.7 Å². The second kappa shape index (κ2) is 11.2. The van der Waals surface area contributed by atoms with E-state index in [1.807, 2.05) is 42.5 Å². The molecule has 0 atom stereocenters. The van der Waals surface area contributed by atoms with Crippen LogP contribution in [0.2, 0.25) is 0 Å². The molecule has 0 unspecified atom stereocenters. The fraction of sp³-hybridized carbons (Fsp3) is 0.0323. The van der Waals surface area contributed by atoms with Crippen LogP contribution in [0.4, 0.5) is 4.39 Å². The lowest BCUT2D eigenvalue weighted by atomic mass is 10.1. The van der Waals surface area contributed by atoms with Gasteiger partial charge in [-0.2, -0.15) is 10.4 Å². The third-order valence-corrected chi connectivity index (χ3v) is 7.61. The van der Waals surface area contributed by atoms with Gasteiger partial charge < -0.3 is 4.74 Å². The highest BCUT2D eigenvalue weighted by Crippen LogP contribution is 2.30. The molecule has 0 aliphatic heterocycles. The van der Waals surface area contributed by atoms with Crippen LogP contribution in [0.25, 0.3) is 23.0 Å². The lowest BCUT2D eigenvalue weighted by molar-refractivity contribution is 0.306. The summed E-state index contributed by atoms with van der Waals surface area (Å²) in [5.41, 5.74) is 3.17. The first-order chi connectivity index (χ1) is 18.9. The maximum absolute atomic E-state index is 13.2. The molecule has 0 aliphatic rings. The maximum atomic E-state index is 13.2. The fourth-order valence-corrected chi connectivity index (χ4v) is 5.12. The van der Waals surface area contributed by atoms with Gasteiger partial charge in [0.1, 0.15) is 34.8 Å². The summed E-state index contributed by atoms with van der Waals surface area (Å²) in [7, 11) is -4.04. The molecule has 0 fully saturated rings. The molecule has 5 rings (SSSR count).